The Morgan fingerprint density at radius 2 is 1.57 bits per heavy atom. The minimum Gasteiger partial charge on any atom is -0.340 e. The fourth-order valence-corrected chi connectivity index (χ4v) is 1.98. The molecule has 3 heterocycles. The molecule has 0 spiro atoms. The van der Waals surface area contributed by atoms with E-state index in [1.807, 2.05) is 17.7 Å². The van der Waals surface area contributed by atoms with Crippen LogP contribution in [-0.2, 0) is 7.05 Å². The highest BCUT2D eigenvalue weighted by atomic mass is 16.5. The van der Waals surface area contributed by atoms with Crippen molar-refractivity contribution in [1.82, 2.24) is 30.5 Å². The van der Waals surface area contributed by atoms with Crippen LogP contribution in [0.1, 0.15) is 36.2 Å². The molecule has 0 aliphatic rings. The molecule has 3 aromatic heterocycles. The number of rotatable bonds is 1. The van der Waals surface area contributed by atoms with Gasteiger partial charge in [0.2, 0.25) is 23.9 Å². The van der Waals surface area contributed by atoms with Crippen LogP contribution >= 0.6 is 0 Å². The van der Waals surface area contributed by atoms with Crippen LogP contribution in [0.5, 0.6) is 0 Å². The van der Waals surface area contributed by atoms with Crippen LogP contribution in [0.25, 0.3) is 11.4 Å². The molecular weight excluding hydrogens is 358 g/mol. The van der Waals surface area contributed by atoms with E-state index in [2.05, 4.69) is 61.0 Å². The molecule has 0 aliphatic heterocycles. The van der Waals surface area contributed by atoms with Crippen LogP contribution in [0.3, 0.4) is 0 Å². The first kappa shape index (κ1) is 22.7. The second-order valence-electron chi connectivity index (χ2n) is 5.96. The molecular formula is C19H28N7O2+. The van der Waals surface area contributed by atoms with Gasteiger partial charge < -0.3 is 9.05 Å². The highest BCUT2D eigenvalue weighted by Crippen LogP contribution is 2.18. The monoisotopic (exact) mass is 386 g/mol. The lowest BCUT2D eigenvalue weighted by atomic mass is 10.1. The van der Waals surface area contributed by atoms with Gasteiger partial charge in [-0.05, 0) is 38.0 Å². The third-order valence-electron chi connectivity index (χ3n) is 3.50. The average Bonchev–Trinajstić information content (AvgIpc) is 3.35. The van der Waals surface area contributed by atoms with Gasteiger partial charge >= 0.3 is 0 Å². The Labute approximate surface area is 164 Å². The van der Waals surface area contributed by atoms with Gasteiger partial charge in [0.05, 0.1) is 7.05 Å². The molecule has 0 radical (unpaired) electrons. The van der Waals surface area contributed by atoms with Crippen molar-refractivity contribution in [2.45, 2.75) is 42.0 Å². The summed E-state index contributed by atoms with van der Waals surface area (Å²) in [5.41, 5.74) is 3.52. The molecule has 0 fully saturated rings. The molecule has 0 bridgehead atoms. The summed E-state index contributed by atoms with van der Waals surface area (Å²) in [4.78, 5) is 8.01. The summed E-state index contributed by atoms with van der Waals surface area (Å²) in [7, 11) is 1.91. The molecule has 0 unspecified atom stereocenters. The number of aryl methyl sites for hydroxylation is 6. The molecule has 9 nitrogen and oxygen atoms in total. The van der Waals surface area contributed by atoms with E-state index in [1.54, 1.807) is 33.4 Å². The number of hydrogen-bond acceptors (Lipinski definition) is 7. The number of aromatic nitrogens is 7. The molecule has 1 N–H and O–H groups in total. The van der Waals surface area contributed by atoms with E-state index in [1.165, 1.54) is 11.1 Å². The first-order valence-corrected chi connectivity index (χ1v) is 8.34. The van der Waals surface area contributed by atoms with Crippen molar-refractivity contribution >= 4 is 0 Å². The van der Waals surface area contributed by atoms with Crippen LogP contribution in [0.2, 0.25) is 0 Å². The lowest BCUT2D eigenvalue weighted by molar-refractivity contribution is -0.671. The smallest absolute Gasteiger partial charge is 0.264 e. The van der Waals surface area contributed by atoms with E-state index in [0.717, 1.165) is 5.56 Å². The van der Waals surface area contributed by atoms with Gasteiger partial charge in [0.1, 0.15) is 0 Å². The topological polar surface area (TPSA) is 110 Å². The predicted molar refractivity (Wildman–Crippen MR) is 104 cm³/mol. The van der Waals surface area contributed by atoms with Crippen molar-refractivity contribution in [3.8, 4) is 11.4 Å². The quantitative estimate of drug-likeness (QED) is 0.500. The zero-order chi connectivity index (χ0) is 19.8. The maximum absolute atomic E-state index is 4.93. The van der Waals surface area contributed by atoms with Crippen molar-refractivity contribution in [3.05, 3.63) is 59.6 Å². The van der Waals surface area contributed by atoms with Gasteiger partial charge in [0, 0.05) is 24.5 Å². The number of hydrogen-bond donors (Lipinski definition) is 1. The molecule has 150 valence electrons. The Bertz CT molecular complexity index is 942. The van der Waals surface area contributed by atoms with E-state index in [-0.39, 0.29) is 7.43 Å². The van der Waals surface area contributed by atoms with Gasteiger partial charge in [-0.3, -0.25) is 0 Å². The second-order valence-corrected chi connectivity index (χ2v) is 5.96. The Morgan fingerprint density at radius 1 is 0.893 bits per heavy atom. The van der Waals surface area contributed by atoms with Gasteiger partial charge in [0.15, 0.2) is 5.82 Å². The normalized spacial score (nSPS) is 9.50. The molecule has 0 aliphatic carbocycles. The van der Waals surface area contributed by atoms with Crippen LogP contribution < -0.4 is 4.57 Å². The van der Waals surface area contributed by atoms with Crippen LogP contribution in [-0.4, -0.2) is 30.5 Å². The van der Waals surface area contributed by atoms with Crippen molar-refractivity contribution in [2.75, 3.05) is 0 Å². The van der Waals surface area contributed by atoms with Crippen molar-refractivity contribution < 1.29 is 13.6 Å². The Morgan fingerprint density at radius 3 is 1.93 bits per heavy atom. The van der Waals surface area contributed by atoms with Crippen LogP contribution in [0.15, 0.2) is 39.9 Å². The van der Waals surface area contributed by atoms with E-state index < -0.39 is 0 Å². The highest BCUT2D eigenvalue weighted by Gasteiger charge is 2.05. The SMILES string of the molecule is C.C[n+]1cn[nH]c1.Cc1nc(-c2ccc(C)c(C)c2)no1.Cc1noc(C)n1. The molecule has 4 aromatic rings. The number of benzene rings is 1. The number of H-pyrrole nitrogens is 1. The zero-order valence-electron chi connectivity index (χ0n) is 16.4. The summed E-state index contributed by atoms with van der Waals surface area (Å²) in [6.07, 6.45) is 3.46. The summed E-state index contributed by atoms with van der Waals surface area (Å²) < 4.78 is 11.4. The predicted octanol–water partition coefficient (Wildman–Crippen LogP) is 3.22. The first-order chi connectivity index (χ1) is 12.8. The summed E-state index contributed by atoms with van der Waals surface area (Å²) in [5, 5.41) is 13.7. The van der Waals surface area contributed by atoms with Gasteiger partial charge in [-0.15, -0.1) is 5.10 Å². The van der Waals surface area contributed by atoms with E-state index in [4.69, 9.17) is 4.52 Å². The standard InChI is InChI=1S/C11H12N2O.C4H6N2O.C3H5N3.CH4/c1-7-4-5-10(6-8(7)2)11-12-9(3)14-13-11;1-3-5-4(2)7-6-3;1-6-2-4-5-3-6;/h4-6H,1-3H3;1-2H3;2-3H,1H3;1H4/p+1. The summed E-state index contributed by atoms with van der Waals surface area (Å²) >= 11 is 0. The lowest BCUT2D eigenvalue weighted by Gasteiger charge is -2.00. The number of nitrogens with zero attached hydrogens (tertiary/aromatic N) is 6. The molecule has 28 heavy (non-hydrogen) atoms. The van der Waals surface area contributed by atoms with Gasteiger partial charge in [-0.25, -0.2) is 4.57 Å². The number of nitrogens with one attached hydrogen (secondary N) is 1. The Balaban J connectivity index is 0.000000235. The first-order valence-electron chi connectivity index (χ1n) is 8.34. The second kappa shape index (κ2) is 10.7. The molecule has 1 aromatic carbocycles. The maximum Gasteiger partial charge on any atom is 0.264 e. The van der Waals surface area contributed by atoms with E-state index in [0.29, 0.717) is 23.4 Å². The average molecular weight is 386 g/mol. The fraction of sp³-hybridized carbons (Fsp3) is 0.368. The summed E-state index contributed by atoms with van der Waals surface area (Å²) in [5.74, 6) is 2.57. The van der Waals surface area contributed by atoms with Crippen LogP contribution in [0.4, 0.5) is 0 Å². The number of aromatic amines is 1. The lowest BCUT2D eigenvalue weighted by Crippen LogP contribution is -2.22. The van der Waals surface area contributed by atoms with Crippen molar-refractivity contribution in [3.63, 3.8) is 0 Å². The van der Waals surface area contributed by atoms with Gasteiger partial charge in [-0.2, -0.15) is 9.97 Å². The molecule has 0 saturated heterocycles. The van der Waals surface area contributed by atoms with Crippen molar-refractivity contribution in [1.29, 1.82) is 0 Å². The largest absolute Gasteiger partial charge is 0.340 e. The Kier molecular flexibility index (Phi) is 8.67. The summed E-state index contributed by atoms with van der Waals surface area (Å²) in [6.45, 7) is 9.50. The molecule has 0 amide bonds. The molecule has 0 atom stereocenters. The molecule has 0 saturated carbocycles. The third-order valence-corrected chi connectivity index (χ3v) is 3.50. The van der Waals surface area contributed by atoms with Gasteiger partial charge in [0.25, 0.3) is 6.33 Å². The zero-order valence-corrected chi connectivity index (χ0v) is 16.4. The van der Waals surface area contributed by atoms with E-state index >= 15 is 0 Å². The molecule has 9 heteroatoms. The minimum atomic E-state index is 0. The third kappa shape index (κ3) is 7.10. The van der Waals surface area contributed by atoms with Crippen molar-refractivity contribution in [2.24, 2.45) is 7.05 Å². The Hall–Kier alpha value is -3.36. The fourth-order valence-electron chi connectivity index (χ4n) is 1.98. The van der Waals surface area contributed by atoms with E-state index in [9.17, 15) is 0 Å². The van der Waals surface area contributed by atoms with Gasteiger partial charge in [-0.1, -0.05) is 29.9 Å². The molecule has 4 rings (SSSR count). The van der Waals surface area contributed by atoms with Crippen LogP contribution in [0, 0.1) is 34.6 Å². The summed E-state index contributed by atoms with van der Waals surface area (Å²) in [6, 6.07) is 6.14. The minimum absolute atomic E-state index is 0. The maximum atomic E-state index is 4.93. The highest BCUT2D eigenvalue weighted by molar-refractivity contribution is 5.56.